The van der Waals surface area contributed by atoms with E-state index in [0.717, 1.165) is 16.7 Å². The molecule has 154 valence electrons. The fraction of sp³-hybridized carbons (Fsp3) is 0.375. The lowest BCUT2D eigenvalue weighted by Crippen LogP contribution is -2.19. The summed E-state index contributed by atoms with van der Waals surface area (Å²) >= 11 is 0. The number of benzene rings is 2. The highest BCUT2D eigenvalue weighted by Gasteiger charge is 2.26. The number of rotatable bonds is 7. The van der Waals surface area contributed by atoms with Crippen molar-refractivity contribution in [2.75, 3.05) is 6.54 Å². The van der Waals surface area contributed by atoms with Crippen LogP contribution in [0.4, 0.5) is 5.69 Å². The second-order valence-electron chi connectivity index (χ2n) is 7.25. The van der Waals surface area contributed by atoms with E-state index in [1.54, 1.807) is 32.0 Å². The number of hydrogen-bond acceptors (Lipinski definition) is 5. The Morgan fingerprint density at radius 2 is 2.30 bits per heavy atom. The van der Waals surface area contributed by atoms with Crippen LogP contribution >= 0.6 is 0 Å². The van der Waals surface area contributed by atoms with Gasteiger partial charge in [0.25, 0.3) is 5.89 Å². The molecule has 0 saturated carbocycles. The van der Waals surface area contributed by atoms with Crippen molar-refractivity contribution in [2.24, 2.45) is 0 Å². The molecule has 0 amide bonds. The average molecular weight is 407 g/mol. The molecule has 1 heterocycles. The molecule has 0 radical (unpaired) electrons. The first-order valence-electron chi connectivity index (χ1n) is 11.8. The van der Waals surface area contributed by atoms with Crippen molar-refractivity contribution in [3.63, 3.8) is 0 Å². The van der Waals surface area contributed by atoms with Gasteiger partial charge in [-0.2, -0.15) is 4.98 Å². The zero-order chi connectivity index (χ0) is 24.7. The minimum atomic E-state index is -1.42. The third kappa shape index (κ3) is 3.94. The molecule has 0 spiro atoms. The van der Waals surface area contributed by atoms with Gasteiger partial charge < -0.3 is 14.6 Å². The zero-order valence-electron chi connectivity index (χ0n) is 21.2. The van der Waals surface area contributed by atoms with E-state index in [1.165, 1.54) is 6.92 Å². The summed E-state index contributed by atoms with van der Waals surface area (Å²) in [6.45, 7) is 12.2. The topological polar surface area (TPSA) is 64.5 Å². The van der Waals surface area contributed by atoms with Crippen LogP contribution in [-0.4, -0.2) is 22.8 Å². The van der Waals surface area contributed by atoms with E-state index in [0.29, 0.717) is 30.0 Å². The largest absolute Gasteiger partial charge is 0.502 e. The zero-order valence-corrected chi connectivity index (χ0v) is 17.2. The Balaban J connectivity index is 1.64. The third-order valence-electron chi connectivity index (χ3n) is 4.91. The lowest BCUT2D eigenvalue weighted by atomic mass is 10.0. The number of aromatic nitrogens is 2. The van der Waals surface area contributed by atoms with E-state index in [1.807, 2.05) is 18.2 Å². The van der Waals surface area contributed by atoms with Crippen LogP contribution < -0.4 is 10.1 Å². The van der Waals surface area contributed by atoms with Gasteiger partial charge >= 0.3 is 0 Å². The maximum atomic E-state index is 8.87. The highest BCUT2D eigenvalue weighted by Crippen LogP contribution is 2.38. The second-order valence-corrected chi connectivity index (χ2v) is 7.25. The molecule has 2 aromatic carbocycles. The molecule has 6 nitrogen and oxygen atoms in total. The van der Waals surface area contributed by atoms with E-state index >= 15 is 0 Å². The van der Waals surface area contributed by atoms with E-state index in [2.05, 4.69) is 20.3 Å². The Kier molecular flexibility index (Phi) is 4.53. The molecule has 30 heavy (non-hydrogen) atoms. The molecule has 0 aliphatic heterocycles. The fourth-order valence-corrected chi connectivity index (χ4v) is 3.61. The predicted octanol–water partition coefficient (Wildman–Crippen LogP) is 5.73. The number of ether oxygens (including phenoxy) is 1. The fourth-order valence-electron chi connectivity index (χ4n) is 3.61. The molecular weight excluding hydrogens is 376 g/mol. The summed E-state index contributed by atoms with van der Waals surface area (Å²) in [4.78, 5) is 8.04. The van der Waals surface area contributed by atoms with Gasteiger partial charge in [-0.15, -0.1) is 0 Å². The molecule has 1 atom stereocenters. The van der Waals surface area contributed by atoms with Crippen LogP contribution in [0.2, 0.25) is 0 Å². The molecule has 1 aliphatic rings. The van der Waals surface area contributed by atoms with Gasteiger partial charge in [-0.25, -0.2) is 4.85 Å². The third-order valence-corrected chi connectivity index (χ3v) is 4.91. The van der Waals surface area contributed by atoms with Gasteiger partial charge in [0, 0.05) is 19.9 Å². The van der Waals surface area contributed by atoms with E-state index < -0.39 is 18.5 Å². The number of hydrogen-bond donors (Lipinski definition) is 1. The normalized spacial score (nSPS) is 20.5. The van der Waals surface area contributed by atoms with Gasteiger partial charge in [-0.05, 0) is 68.9 Å². The maximum absolute atomic E-state index is 8.87. The van der Waals surface area contributed by atoms with Crippen LogP contribution in [0, 0.1) is 6.57 Å². The first-order valence-corrected chi connectivity index (χ1v) is 9.81. The lowest BCUT2D eigenvalue weighted by Gasteiger charge is -2.13. The summed E-state index contributed by atoms with van der Waals surface area (Å²) in [6, 6.07) is 9.45. The van der Waals surface area contributed by atoms with Gasteiger partial charge in [0.2, 0.25) is 11.5 Å². The monoisotopic (exact) mass is 406 g/mol. The Labute approximate surface area is 182 Å². The summed E-state index contributed by atoms with van der Waals surface area (Å²) in [5.41, 5.74) is 3.31. The van der Waals surface area contributed by atoms with Crippen molar-refractivity contribution in [2.45, 2.75) is 52.1 Å². The van der Waals surface area contributed by atoms with Crippen molar-refractivity contribution in [3.8, 4) is 28.6 Å². The average Bonchev–Trinajstić information content (AvgIpc) is 3.37. The Morgan fingerprint density at radius 1 is 1.43 bits per heavy atom. The Hall–Kier alpha value is -3.17. The SMILES string of the molecule is [2H]C([2H])(C)CN[C@@]1([2H])CCc2c(-c3noc(-c4ccc(OC([2H])(C)C)c([N+]#[C-])c4)n3)cccc21. The molecule has 0 unspecified atom stereocenters. The highest BCUT2D eigenvalue weighted by molar-refractivity contribution is 5.70. The molecule has 4 rings (SSSR count). The molecule has 0 saturated heterocycles. The van der Waals surface area contributed by atoms with Crippen LogP contribution in [0.5, 0.6) is 5.75 Å². The molecule has 3 aromatic rings. The molecule has 0 bridgehead atoms. The van der Waals surface area contributed by atoms with Gasteiger partial charge in [0.1, 0.15) is 5.75 Å². The van der Waals surface area contributed by atoms with E-state index in [9.17, 15) is 0 Å². The van der Waals surface area contributed by atoms with Gasteiger partial charge in [-0.3, -0.25) is 0 Å². The molecule has 1 aliphatic carbocycles. The van der Waals surface area contributed by atoms with Crippen molar-refractivity contribution >= 4 is 5.69 Å². The van der Waals surface area contributed by atoms with Crippen LogP contribution in [0.15, 0.2) is 40.9 Å². The van der Waals surface area contributed by atoms with Crippen LogP contribution in [0.3, 0.4) is 0 Å². The second kappa shape index (κ2) is 8.68. The molecule has 0 fully saturated rings. The summed E-state index contributed by atoms with van der Waals surface area (Å²) in [5.74, 6) is 0.954. The highest BCUT2D eigenvalue weighted by atomic mass is 16.5. The summed E-state index contributed by atoms with van der Waals surface area (Å²) in [6.07, 6.45) is -1.44. The minimum absolute atomic E-state index is 0.0764. The quantitative estimate of drug-likeness (QED) is 0.508. The first kappa shape index (κ1) is 15.6. The van der Waals surface area contributed by atoms with Crippen molar-refractivity contribution in [1.29, 1.82) is 0 Å². The van der Waals surface area contributed by atoms with Crippen molar-refractivity contribution in [1.82, 2.24) is 15.5 Å². The van der Waals surface area contributed by atoms with Gasteiger partial charge in [-0.1, -0.05) is 30.3 Å². The van der Waals surface area contributed by atoms with Crippen LogP contribution in [0.25, 0.3) is 27.7 Å². The van der Waals surface area contributed by atoms with Crippen LogP contribution in [0.1, 0.15) is 56.2 Å². The van der Waals surface area contributed by atoms with E-state index in [-0.39, 0.29) is 18.1 Å². The van der Waals surface area contributed by atoms with Crippen LogP contribution in [-0.2, 0) is 6.42 Å². The molecule has 6 heteroatoms. The summed E-state index contributed by atoms with van der Waals surface area (Å²) in [5, 5.41) is 7.22. The van der Waals surface area contributed by atoms with Gasteiger partial charge in [0.05, 0.1) is 15.4 Å². The van der Waals surface area contributed by atoms with Crippen molar-refractivity contribution < 1.29 is 14.7 Å². The van der Waals surface area contributed by atoms with Gasteiger partial charge in [0.15, 0.2) is 0 Å². The Bertz CT molecular complexity index is 1260. The molecule has 1 N–H and O–H groups in total. The Morgan fingerprint density at radius 3 is 3.07 bits per heavy atom. The number of nitrogens with one attached hydrogen (secondary N) is 1. The predicted molar refractivity (Wildman–Crippen MR) is 117 cm³/mol. The number of nitrogens with zero attached hydrogens (tertiary/aromatic N) is 3. The first-order chi connectivity index (χ1) is 15.9. The van der Waals surface area contributed by atoms with E-state index in [4.69, 9.17) is 21.3 Å². The molecule has 1 aromatic heterocycles. The lowest BCUT2D eigenvalue weighted by molar-refractivity contribution is 0.244. The number of fused-ring (bicyclic) bond motifs is 1. The van der Waals surface area contributed by atoms with Crippen molar-refractivity contribution in [3.05, 3.63) is 58.9 Å². The maximum Gasteiger partial charge on any atom is 0.256 e. The smallest absolute Gasteiger partial charge is 0.256 e. The standard InChI is InChI=1S/C24H26N4O2/c1-5-13-26-20-11-10-17-18(20)7-6-8-19(17)23-27-24(30-28-23)16-9-12-22(29-15(2)3)21(14-16)25-4/h6-9,12,14-15,20,26H,5,10-11,13H2,1-3H3/t20-/m0/s1/i5D2,15D,20D. The molecular formula is C24H26N4O2. The minimum Gasteiger partial charge on any atom is -0.502 e. The summed E-state index contributed by atoms with van der Waals surface area (Å²) < 4.78 is 43.3. The summed E-state index contributed by atoms with van der Waals surface area (Å²) in [7, 11) is 0.